The molecule has 0 bridgehead atoms. The van der Waals surface area contributed by atoms with Crippen molar-refractivity contribution in [2.45, 2.75) is 30.9 Å². The van der Waals surface area contributed by atoms with Gasteiger partial charge in [0, 0.05) is 21.8 Å². The quantitative estimate of drug-likeness (QED) is 0.151. The zero-order valence-electron chi connectivity index (χ0n) is 22.9. The molecule has 8 heteroatoms. The number of nitrogens with one attached hydrogen (secondary N) is 3. The Labute approximate surface area is 243 Å². The van der Waals surface area contributed by atoms with Crippen LogP contribution < -0.4 is 16.0 Å². The zero-order chi connectivity index (χ0) is 29.4. The molecule has 4 aromatic carbocycles. The Kier molecular flexibility index (Phi) is 9.71. The lowest BCUT2D eigenvalue weighted by atomic mass is 10.1. The number of carbonyl (C=O) groups excluding carboxylic acids is 3. The molecule has 0 saturated heterocycles. The monoisotopic (exact) mass is 567 g/mol. The summed E-state index contributed by atoms with van der Waals surface area (Å²) in [5.41, 5.74) is 4.30. The van der Waals surface area contributed by atoms with E-state index in [4.69, 9.17) is 0 Å². The third kappa shape index (κ3) is 8.40. The molecule has 0 aliphatic heterocycles. The van der Waals surface area contributed by atoms with Gasteiger partial charge in [-0.1, -0.05) is 42.5 Å². The summed E-state index contributed by atoms with van der Waals surface area (Å²) in [6.45, 7) is 5.77. The van der Waals surface area contributed by atoms with Crippen LogP contribution in [-0.4, -0.2) is 23.0 Å². The number of amides is 3. The number of anilines is 2. The highest BCUT2D eigenvalue weighted by Crippen LogP contribution is 2.26. The average Bonchev–Trinajstić information content (AvgIpc) is 2.97. The van der Waals surface area contributed by atoms with E-state index in [-0.39, 0.29) is 16.9 Å². The van der Waals surface area contributed by atoms with E-state index in [1.807, 2.05) is 51.1 Å². The Morgan fingerprint density at radius 3 is 2.20 bits per heavy atom. The van der Waals surface area contributed by atoms with Crippen LogP contribution in [0.5, 0.6) is 0 Å². The van der Waals surface area contributed by atoms with Crippen molar-refractivity contribution < 1.29 is 18.8 Å². The van der Waals surface area contributed by atoms with Crippen LogP contribution in [0.2, 0.25) is 0 Å². The van der Waals surface area contributed by atoms with Crippen LogP contribution in [-0.2, 0) is 9.59 Å². The zero-order valence-corrected chi connectivity index (χ0v) is 23.7. The number of aryl methyl sites for hydroxylation is 2. The Morgan fingerprint density at radius 1 is 0.829 bits per heavy atom. The second kappa shape index (κ2) is 13.6. The van der Waals surface area contributed by atoms with Crippen LogP contribution in [0.3, 0.4) is 0 Å². The first-order valence-electron chi connectivity index (χ1n) is 13.0. The van der Waals surface area contributed by atoms with Crippen LogP contribution in [0, 0.1) is 19.7 Å². The second-order valence-electron chi connectivity index (χ2n) is 9.48. The van der Waals surface area contributed by atoms with Crippen LogP contribution in [0.25, 0.3) is 6.08 Å². The van der Waals surface area contributed by atoms with Gasteiger partial charge in [-0.05, 0) is 98.1 Å². The van der Waals surface area contributed by atoms with Crippen molar-refractivity contribution in [1.82, 2.24) is 5.32 Å². The van der Waals surface area contributed by atoms with Gasteiger partial charge in [-0.3, -0.25) is 14.4 Å². The lowest BCUT2D eigenvalue weighted by Gasteiger charge is -2.15. The van der Waals surface area contributed by atoms with E-state index in [1.165, 1.54) is 42.1 Å². The summed E-state index contributed by atoms with van der Waals surface area (Å²) in [5.74, 6) is -1.50. The first-order chi connectivity index (χ1) is 19.7. The molecule has 3 N–H and O–H groups in total. The van der Waals surface area contributed by atoms with Gasteiger partial charge in [0.15, 0.2) is 0 Å². The van der Waals surface area contributed by atoms with Crippen molar-refractivity contribution in [1.29, 1.82) is 0 Å². The summed E-state index contributed by atoms with van der Waals surface area (Å²) >= 11 is 1.40. The molecule has 4 rings (SSSR count). The SMILES string of the molecule is Cc1ccc(C)c(NC(=O)C(C)Sc2ccc(NC(=O)/C(=C/c3ccc(F)cc3)NC(=O)c3ccccc3)cc2)c1. The van der Waals surface area contributed by atoms with Gasteiger partial charge in [0.1, 0.15) is 11.5 Å². The van der Waals surface area contributed by atoms with Gasteiger partial charge in [-0.15, -0.1) is 11.8 Å². The minimum Gasteiger partial charge on any atom is -0.325 e. The fraction of sp³-hybridized carbons (Fsp3) is 0.121. The van der Waals surface area contributed by atoms with Crippen molar-refractivity contribution in [2.75, 3.05) is 10.6 Å². The average molecular weight is 568 g/mol. The third-order valence-electron chi connectivity index (χ3n) is 6.16. The molecule has 0 spiro atoms. The van der Waals surface area contributed by atoms with E-state index < -0.39 is 17.6 Å². The van der Waals surface area contributed by atoms with Crippen molar-refractivity contribution in [3.63, 3.8) is 0 Å². The van der Waals surface area contributed by atoms with Gasteiger partial charge in [-0.25, -0.2) is 4.39 Å². The number of benzene rings is 4. The van der Waals surface area contributed by atoms with Gasteiger partial charge in [0.25, 0.3) is 11.8 Å². The molecule has 4 aromatic rings. The molecule has 0 aliphatic carbocycles. The minimum absolute atomic E-state index is 0.000600. The molecular weight excluding hydrogens is 537 g/mol. The maximum Gasteiger partial charge on any atom is 0.272 e. The molecular formula is C33H30FN3O3S. The van der Waals surface area contributed by atoms with Gasteiger partial charge < -0.3 is 16.0 Å². The Balaban J connectivity index is 1.43. The highest BCUT2D eigenvalue weighted by atomic mass is 32.2. The van der Waals surface area contributed by atoms with Gasteiger partial charge in [0.05, 0.1) is 5.25 Å². The van der Waals surface area contributed by atoms with Gasteiger partial charge >= 0.3 is 0 Å². The van der Waals surface area contributed by atoms with Crippen LogP contribution >= 0.6 is 11.8 Å². The molecule has 0 saturated carbocycles. The van der Waals surface area contributed by atoms with Gasteiger partial charge in [-0.2, -0.15) is 0 Å². The van der Waals surface area contributed by atoms with Crippen molar-refractivity contribution >= 4 is 46.9 Å². The van der Waals surface area contributed by atoms with Crippen molar-refractivity contribution in [2.24, 2.45) is 0 Å². The number of hydrogen-bond donors (Lipinski definition) is 3. The fourth-order valence-electron chi connectivity index (χ4n) is 3.85. The summed E-state index contributed by atoms with van der Waals surface area (Å²) in [6.07, 6.45) is 1.48. The summed E-state index contributed by atoms with van der Waals surface area (Å²) in [7, 11) is 0. The highest BCUT2D eigenvalue weighted by Gasteiger charge is 2.17. The van der Waals surface area contributed by atoms with E-state index in [0.717, 1.165) is 21.7 Å². The highest BCUT2D eigenvalue weighted by molar-refractivity contribution is 8.00. The first kappa shape index (κ1) is 29.3. The van der Waals surface area contributed by atoms with Crippen LogP contribution in [0.15, 0.2) is 108 Å². The molecule has 208 valence electrons. The Morgan fingerprint density at radius 2 is 1.51 bits per heavy atom. The third-order valence-corrected chi connectivity index (χ3v) is 7.27. The molecule has 1 atom stereocenters. The minimum atomic E-state index is -0.541. The van der Waals surface area contributed by atoms with Crippen LogP contribution in [0.1, 0.15) is 34.0 Å². The number of hydrogen-bond acceptors (Lipinski definition) is 4. The maximum atomic E-state index is 13.4. The number of thioether (sulfide) groups is 1. The van der Waals surface area contributed by atoms with E-state index in [0.29, 0.717) is 16.8 Å². The van der Waals surface area contributed by atoms with E-state index in [9.17, 15) is 18.8 Å². The maximum absolute atomic E-state index is 13.4. The van der Waals surface area contributed by atoms with Crippen molar-refractivity contribution in [3.8, 4) is 0 Å². The number of halogens is 1. The molecule has 41 heavy (non-hydrogen) atoms. The van der Waals surface area contributed by atoms with E-state index >= 15 is 0 Å². The predicted molar refractivity (Wildman–Crippen MR) is 163 cm³/mol. The van der Waals surface area contributed by atoms with E-state index in [1.54, 1.807) is 42.5 Å². The molecule has 0 heterocycles. The molecule has 3 amide bonds. The summed E-state index contributed by atoms with van der Waals surface area (Å²) in [4.78, 5) is 39.6. The molecule has 1 unspecified atom stereocenters. The van der Waals surface area contributed by atoms with Crippen LogP contribution in [0.4, 0.5) is 15.8 Å². The lowest BCUT2D eigenvalue weighted by molar-refractivity contribution is -0.115. The normalized spacial score (nSPS) is 11.9. The number of carbonyl (C=O) groups is 3. The molecule has 0 aliphatic rings. The smallest absolute Gasteiger partial charge is 0.272 e. The standard InChI is InChI=1S/C33H30FN3O3S/c1-21-9-10-22(2)29(19-21)36-31(38)23(3)41-28-17-15-27(16-18-28)35-33(40)30(20-24-11-13-26(34)14-12-24)37-32(39)25-7-5-4-6-8-25/h4-20,23H,1-3H3,(H,35,40)(H,36,38)(H,37,39)/b30-20-. The molecule has 0 aromatic heterocycles. The summed E-state index contributed by atoms with van der Waals surface area (Å²) in [5, 5.41) is 8.09. The fourth-order valence-corrected chi connectivity index (χ4v) is 4.71. The Hall–Kier alpha value is -4.69. The lowest BCUT2D eigenvalue weighted by Crippen LogP contribution is -2.30. The predicted octanol–water partition coefficient (Wildman–Crippen LogP) is 6.97. The second-order valence-corrected chi connectivity index (χ2v) is 10.9. The van der Waals surface area contributed by atoms with Crippen molar-refractivity contribution in [3.05, 3.63) is 131 Å². The molecule has 0 fully saturated rings. The van der Waals surface area contributed by atoms with E-state index in [2.05, 4.69) is 16.0 Å². The summed E-state index contributed by atoms with van der Waals surface area (Å²) < 4.78 is 13.4. The largest absolute Gasteiger partial charge is 0.325 e. The van der Waals surface area contributed by atoms with Gasteiger partial charge in [0.2, 0.25) is 5.91 Å². The first-order valence-corrected chi connectivity index (χ1v) is 13.9. The topological polar surface area (TPSA) is 87.3 Å². The number of rotatable bonds is 9. The Bertz CT molecular complexity index is 1570. The molecule has 0 radical (unpaired) electrons. The molecule has 6 nitrogen and oxygen atoms in total. The summed E-state index contributed by atoms with van der Waals surface area (Å²) in [6, 6.07) is 27.1.